The standard InChI is InChI=1S/C30H32FN3O2S/c1-22(2)16-32-30(35)28-21-37-29(33-28)19-34(17-23-8-12-26(31)13-9-23)18-24-10-14-27(15-11-24)36-20-25-6-4-3-5-7-25/h3-15,21-22H,16-20H2,1-2H3,(H,32,35). The zero-order valence-corrected chi connectivity index (χ0v) is 22.0. The minimum atomic E-state index is -0.252. The number of nitrogens with zero attached hydrogens (tertiary/aromatic N) is 2. The molecule has 0 unspecified atom stereocenters. The molecule has 5 nitrogen and oxygen atoms in total. The van der Waals surface area contributed by atoms with Gasteiger partial charge in [-0.1, -0.05) is 68.4 Å². The van der Waals surface area contributed by atoms with Gasteiger partial charge < -0.3 is 10.1 Å². The summed E-state index contributed by atoms with van der Waals surface area (Å²) in [6.45, 7) is 7.13. The van der Waals surface area contributed by atoms with E-state index in [1.165, 1.54) is 23.5 Å². The quantitative estimate of drug-likeness (QED) is 0.235. The summed E-state index contributed by atoms with van der Waals surface area (Å²) >= 11 is 1.48. The van der Waals surface area contributed by atoms with Crippen LogP contribution in [0.4, 0.5) is 4.39 Å². The van der Waals surface area contributed by atoms with Crippen LogP contribution >= 0.6 is 11.3 Å². The molecule has 0 atom stereocenters. The van der Waals surface area contributed by atoms with Gasteiger partial charge in [0.15, 0.2) is 0 Å². The highest BCUT2D eigenvalue weighted by molar-refractivity contribution is 7.09. The Morgan fingerprint density at radius 3 is 2.22 bits per heavy atom. The Morgan fingerprint density at radius 1 is 0.919 bits per heavy atom. The van der Waals surface area contributed by atoms with E-state index in [1.54, 1.807) is 17.5 Å². The number of hydrogen-bond donors (Lipinski definition) is 1. The van der Waals surface area contributed by atoms with Gasteiger partial charge in [0, 0.05) is 25.0 Å². The highest BCUT2D eigenvalue weighted by Crippen LogP contribution is 2.20. The lowest BCUT2D eigenvalue weighted by Gasteiger charge is -2.22. The van der Waals surface area contributed by atoms with Crippen molar-refractivity contribution in [3.8, 4) is 5.75 Å². The summed E-state index contributed by atoms with van der Waals surface area (Å²) in [5, 5.41) is 5.59. The summed E-state index contributed by atoms with van der Waals surface area (Å²) in [7, 11) is 0. The molecule has 4 rings (SSSR count). The molecule has 0 fully saturated rings. The highest BCUT2D eigenvalue weighted by Gasteiger charge is 2.15. The minimum absolute atomic E-state index is 0.146. The Bertz CT molecular complexity index is 1260. The average molecular weight is 518 g/mol. The van der Waals surface area contributed by atoms with Crippen LogP contribution < -0.4 is 10.1 Å². The second kappa shape index (κ2) is 13.1. The fourth-order valence-electron chi connectivity index (χ4n) is 3.77. The van der Waals surface area contributed by atoms with Crippen LogP contribution in [0, 0.1) is 11.7 Å². The first-order chi connectivity index (χ1) is 17.9. The average Bonchev–Trinajstić information content (AvgIpc) is 3.37. The molecule has 1 N–H and O–H groups in total. The van der Waals surface area contributed by atoms with Crippen LogP contribution in [-0.4, -0.2) is 22.3 Å². The number of thiazole rings is 1. The van der Waals surface area contributed by atoms with Crippen LogP contribution in [0.25, 0.3) is 0 Å². The first kappa shape index (κ1) is 26.5. The van der Waals surface area contributed by atoms with E-state index in [2.05, 4.69) is 41.2 Å². The van der Waals surface area contributed by atoms with Gasteiger partial charge in [-0.3, -0.25) is 9.69 Å². The molecule has 7 heteroatoms. The molecule has 0 spiro atoms. The van der Waals surface area contributed by atoms with E-state index in [0.29, 0.717) is 44.4 Å². The van der Waals surface area contributed by atoms with Gasteiger partial charge in [-0.15, -0.1) is 11.3 Å². The zero-order valence-electron chi connectivity index (χ0n) is 21.2. The van der Waals surface area contributed by atoms with Crippen molar-refractivity contribution >= 4 is 17.2 Å². The topological polar surface area (TPSA) is 54.5 Å². The van der Waals surface area contributed by atoms with Crippen molar-refractivity contribution in [3.05, 3.63) is 117 Å². The van der Waals surface area contributed by atoms with Crippen molar-refractivity contribution < 1.29 is 13.9 Å². The third-order valence-corrected chi connectivity index (χ3v) is 6.54. The summed E-state index contributed by atoms with van der Waals surface area (Å²) < 4.78 is 19.4. The maximum absolute atomic E-state index is 13.4. The highest BCUT2D eigenvalue weighted by atomic mass is 32.1. The molecule has 0 aliphatic heterocycles. The van der Waals surface area contributed by atoms with Crippen molar-refractivity contribution in [1.82, 2.24) is 15.2 Å². The molecule has 0 saturated carbocycles. The lowest BCUT2D eigenvalue weighted by atomic mass is 10.1. The molecule has 37 heavy (non-hydrogen) atoms. The predicted molar refractivity (Wildman–Crippen MR) is 146 cm³/mol. The molecule has 4 aromatic rings. The van der Waals surface area contributed by atoms with Gasteiger partial charge in [0.1, 0.15) is 28.9 Å². The van der Waals surface area contributed by atoms with Gasteiger partial charge in [0.2, 0.25) is 0 Å². The number of benzene rings is 3. The summed E-state index contributed by atoms with van der Waals surface area (Å²) in [6.07, 6.45) is 0. The number of ether oxygens (including phenoxy) is 1. The summed E-state index contributed by atoms with van der Waals surface area (Å²) in [5.74, 6) is 0.795. The minimum Gasteiger partial charge on any atom is -0.489 e. The van der Waals surface area contributed by atoms with E-state index >= 15 is 0 Å². The van der Waals surface area contributed by atoms with Gasteiger partial charge in [0.25, 0.3) is 5.91 Å². The fourth-order valence-corrected chi connectivity index (χ4v) is 4.59. The molecule has 0 radical (unpaired) electrons. The van der Waals surface area contributed by atoms with E-state index in [1.807, 2.05) is 42.5 Å². The molecule has 3 aromatic carbocycles. The molecule has 0 aliphatic rings. The Kier molecular flexibility index (Phi) is 9.40. The van der Waals surface area contributed by atoms with Crippen LogP contribution in [0.2, 0.25) is 0 Å². The third kappa shape index (κ3) is 8.51. The van der Waals surface area contributed by atoms with E-state index in [9.17, 15) is 9.18 Å². The summed E-state index contributed by atoms with van der Waals surface area (Å²) in [5.41, 5.74) is 3.70. The smallest absolute Gasteiger partial charge is 0.270 e. The molecule has 1 heterocycles. The van der Waals surface area contributed by atoms with E-state index in [0.717, 1.165) is 27.4 Å². The van der Waals surface area contributed by atoms with E-state index < -0.39 is 0 Å². The lowest BCUT2D eigenvalue weighted by Crippen LogP contribution is -2.27. The fraction of sp³-hybridized carbons (Fsp3) is 0.267. The lowest BCUT2D eigenvalue weighted by molar-refractivity contribution is 0.0944. The van der Waals surface area contributed by atoms with Crippen molar-refractivity contribution in [2.75, 3.05) is 6.54 Å². The number of nitrogens with one attached hydrogen (secondary N) is 1. The number of carbonyl (C=O) groups excluding carboxylic acids is 1. The van der Waals surface area contributed by atoms with Crippen molar-refractivity contribution in [1.29, 1.82) is 0 Å². The zero-order chi connectivity index (χ0) is 26.0. The SMILES string of the molecule is CC(C)CNC(=O)c1csc(CN(Cc2ccc(F)cc2)Cc2ccc(OCc3ccccc3)cc2)n1. The number of aromatic nitrogens is 1. The molecule has 1 aromatic heterocycles. The second-order valence-corrected chi connectivity index (χ2v) is 10.4. The number of amides is 1. The normalized spacial score (nSPS) is 11.2. The molecule has 0 saturated heterocycles. The molecular formula is C30H32FN3O2S. The van der Waals surface area contributed by atoms with E-state index in [4.69, 9.17) is 4.74 Å². The Balaban J connectivity index is 1.42. The van der Waals surface area contributed by atoms with Crippen LogP contribution in [0.1, 0.15) is 46.0 Å². The van der Waals surface area contributed by atoms with E-state index in [-0.39, 0.29) is 11.7 Å². The Labute approximate surface area is 221 Å². The Morgan fingerprint density at radius 2 is 1.57 bits per heavy atom. The summed E-state index contributed by atoms with van der Waals surface area (Å²) in [6, 6.07) is 24.7. The van der Waals surface area contributed by atoms with Crippen LogP contribution in [-0.2, 0) is 26.2 Å². The Hall–Kier alpha value is -3.55. The number of carbonyl (C=O) groups is 1. The van der Waals surface area contributed by atoms with Gasteiger partial charge in [-0.25, -0.2) is 9.37 Å². The molecule has 0 bridgehead atoms. The maximum Gasteiger partial charge on any atom is 0.270 e. The number of rotatable bonds is 12. The summed E-state index contributed by atoms with van der Waals surface area (Å²) in [4.78, 5) is 19.2. The number of hydrogen-bond acceptors (Lipinski definition) is 5. The maximum atomic E-state index is 13.4. The third-order valence-electron chi connectivity index (χ3n) is 5.71. The largest absolute Gasteiger partial charge is 0.489 e. The first-order valence-corrected chi connectivity index (χ1v) is 13.3. The van der Waals surface area contributed by atoms with Crippen molar-refractivity contribution in [2.24, 2.45) is 5.92 Å². The molecule has 1 amide bonds. The van der Waals surface area contributed by atoms with Gasteiger partial charge in [-0.2, -0.15) is 0 Å². The van der Waals surface area contributed by atoms with Crippen molar-refractivity contribution in [3.63, 3.8) is 0 Å². The van der Waals surface area contributed by atoms with Gasteiger partial charge in [-0.05, 0) is 46.9 Å². The molecule has 0 aliphatic carbocycles. The van der Waals surface area contributed by atoms with Crippen molar-refractivity contribution in [2.45, 2.75) is 40.1 Å². The van der Waals surface area contributed by atoms with Gasteiger partial charge >= 0.3 is 0 Å². The van der Waals surface area contributed by atoms with Crippen LogP contribution in [0.15, 0.2) is 84.2 Å². The monoisotopic (exact) mass is 517 g/mol. The second-order valence-electron chi connectivity index (χ2n) is 9.42. The number of halogens is 1. The van der Waals surface area contributed by atoms with Crippen LogP contribution in [0.5, 0.6) is 5.75 Å². The van der Waals surface area contributed by atoms with Crippen LogP contribution in [0.3, 0.4) is 0 Å². The first-order valence-electron chi connectivity index (χ1n) is 12.4. The molecule has 192 valence electrons. The molecular weight excluding hydrogens is 485 g/mol. The predicted octanol–water partition coefficient (Wildman–Crippen LogP) is 6.45. The van der Waals surface area contributed by atoms with Gasteiger partial charge in [0.05, 0.1) is 6.54 Å².